The molecule has 0 atom stereocenters. The number of benzene rings is 2. The Kier molecular flexibility index (Phi) is 5.86. The first-order valence-electron chi connectivity index (χ1n) is 8.62. The van der Waals surface area contributed by atoms with E-state index in [2.05, 4.69) is 5.32 Å². The fraction of sp³-hybridized carbons (Fsp3) is 0.300. The summed E-state index contributed by atoms with van der Waals surface area (Å²) in [5, 5.41) is 3.48. The summed E-state index contributed by atoms with van der Waals surface area (Å²) < 4.78 is 10.7. The molecule has 0 saturated heterocycles. The molecule has 2 aromatic carbocycles. The molecule has 0 bridgehead atoms. The maximum absolute atomic E-state index is 12.3. The van der Waals surface area contributed by atoms with Crippen molar-refractivity contribution in [2.75, 3.05) is 18.7 Å². The summed E-state index contributed by atoms with van der Waals surface area (Å²) in [7, 11) is 0. The molecule has 0 aliphatic carbocycles. The number of fused-ring (bicyclic) bond motifs is 1. The summed E-state index contributed by atoms with van der Waals surface area (Å²) in [5.74, 6) is 1.12. The lowest BCUT2D eigenvalue weighted by molar-refractivity contribution is -0.129. The first-order chi connectivity index (χ1) is 12.9. The Morgan fingerprint density at radius 1 is 1.15 bits per heavy atom. The van der Waals surface area contributed by atoms with Crippen molar-refractivity contribution in [1.29, 1.82) is 0 Å². The average Bonchev–Trinajstić information content (AvgIpc) is 3.08. The first-order valence-corrected chi connectivity index (χ1v) is 9.00. The number of amides is 2. The molecule has 3 rings (SSSR count). The average molecular weight is 389 g/mol. The van der Waals surface area contributed by atoms with Crippen LogP contribution < -0.4 is 14.8 Å². The summed E-state index contributed by atoms with van der Waals surface area (Å²) in [6, 6.07) is 10.9. The van der Waals surface area contributed by atoms with Crippen LogP contribution in [0.4, 0.5) is 5.69 Å². The second-order valence-corrected chi connectivity index (χ2v) is 6.82. The van der Waals surface area contributed by atoms with E-state index in [0.717, 1.165) is 16.8 Å². The number of carbonyl (C=O) groups excluding carboxylic acids is 2. The maximum Gasteiger partial charge on any atom is 0.231 e. The van der Waals surface area contributed by atoms with Gasteiger partial charge in [0.15, 0.2) is 11.5 Å². The molecule has 1 heterocycles. The van der Waals surface area contributed by atoms with Crippen LogP contribution in [-0.4, -0.2) is 30.1 Å². The summed E-state index contributed by atoms with van der Waals surface area (Å²) in [6.45, 7) is 4.30. The van der Waals surface area contributed by atoms with Crippen LogP contribution in [0.5, 0.6) is 11.5 Å². The van der Waals surface area contributed by atoms with Gasteiger partial charge in [0, 0.05) is 37.1 Å². The summed E-state index contributed by atoms with van der Waals surface area (Å²) in [5.41, 5.74) is 2.53. The highest BCUT2D eigenvalue weighted by molar-refractivity contribution is 6.30. The van der Waals surface area contributed by atoms with Gasteiger partial charge >= 0.3 is 0 Å². The number of carbonyl (C=O) groups is 2. The van der Waals surface area contributed by atoms with Crippen molar-refractivity contribution in [3.8, 4) is 11.5 Å². The van der Waals surface area contributed by atoms with E-state index in [1.807, 2.05) is 25.1 Å². The van der Waals surface area contributed by atoms with Gasteiger partial charge in [0.1, 0.15) is 0 Å². The minimum atomic E-state index is -0.155. The molecular formula is C20H21ClN2O4. The molecule has 0 unspecified atom stereocenters. The van der Waals surface area contributed by atoms with E-state index >= 15 is 0 Å². The van der Waals surface area contributed by atoms with Crippen molar-refractivity contribution in [3.63, 3.8) is 0 Å². The number of ether oxygens (including phenoxy) is 2. The number of nitrogens with one attached hydrogen (secondary N) is 1. The molecule has 0 spiro atoms. The van der Waals surface area contributed by atoms with Gasteiger partial charge in [-0.3, -0.25) is 9.59 Å². The van der Waals surface area contributed by atoms with E-state index in [0.29, 0.717) is 29.6 Å². The molecule has 142 valence electrons. The molecule has 0 fully saturated rings. The summed E-state index contributed by atoms with van der Waals surface area (Å²) in [4.78, 5) is 25.9. The van der Waals surface area contributed by atoms with E-state index in [4.69, 9.17) is 21.1 Å². The van der Waals surface area contributed by atoms with Crippen LogP contribution in [0.25, 0.3) is 0 Å². The predicted octanol–water partition coefficient (Wildman–Crippen LogP) is 3.75. The number of hydrogen-bond donors (Lipinski definition) is 1. The SMILES string of the molecule is CC(=O)N(CCC(=O)Nc1ccc(Cl)cc1C)Cc1ccc2c(c1)OCO2. The van der Waals surface area contributed by atoms with Crippen LogP contribution in [0, 0.1) is 6.92 Å². The number of nitrogens with zero attached hydrogens (tertiary/aromatic N) is 1. The molecule has 2 amide bonds. The summed E-state index contributed by atoms with van der Waals surface area (Å²) >= 11 is 5.93. The highest BCUT2D eigenvalue weighted by atomic mass is 35.5. The molecule has 27 heavy (non-hydrogen) atoms. The standard InChI is InChI=1S/C20H21ClN2O4/c1-13-9-16(21)4-5-17(13)22-20(25)7-8-23(14(2)24)11-15-3-6-18-19(10-15)27-12-26-18/h3-6,9-10H,7-8,11-12H2,1-2H3,(H,22,25). The molecular weight excluding hydrogens is 368 g/mol. The molecule has 2 aromatic rings. The molecule has 1 aliphatic heterocycles. The third-order valence-electron chi connectivity index (χ3n) is 4.33. The van der Waals surface area contributed by atoms with Crippen molar-refractivity contribution in [1.82, 2.24) is 4.90 Å². The van der Waals surface area contributed by atoms with Crippen LogP contribution in [0.1, 0.15) is 24.5 Å². The fourth-order valence-corrected chi connectivity index (χ4v) is 3.05. The zero-order chi connectivity index (χ0) is 19.4. The number of halogens is 1. The monoisotopic (exact) mass is 388 g/mol. The summed E-state index contributed by atoms with van der Waals surface area (Å²) in [6.07, 6.45) is 0.201. The van der Waals surface area contributed by atoms with E-state index in [1.165, 1.54) is 6.92 Å². The van der Waals surface area contributed by atoms with Crippen LogP contribution >= 0.6 is 11.6 Å². The van der Waals surface area contributed by atoms with Gasteiger partial charge in [-0.15, -0.1) is 0 Å². The number of aryl methyl sites for hydroxylation is 1. The zero-order valence-electron chi connectivity index (χ0n) is 15.3. The highest BCUT2D eigenvalue weighted by Crippen LogP contribution is 2.32. The van der Waals surface area contributed by atoms with Gasteiger partial charge in [-0.1, -0.05) is 17.7 Å². The molecule has 0 aromatic heterocycles. The Bertz CT molecular complexity index is 869. The van der Waals surface area contributed by atoms with Gasteiger partial charge in [0.05, 0.1) is 0 Å². The quantitative estimate of drug-likeness (QED) is 0.818. The minimum absolute atomic E-state index is 0.0943. The third kappa shape index (κ3) is 4.92. The van der Waals surface area contributed by atoms with Crippen LogP contribution in [0.2, 0.25) is 5.02 Å². The van der Waals surface area contributed by atoms with Crippen molar-refractivity contribution in [2.45, 2.75) is 26.8 Å². The van der Waals surface area contributed by atoms with Gasteiger partial charge in [0.2, 0.25) is 18.6 Å². The normalized spacial score (nSPS) is 12.0. The largest absolute Gasteiger partial charge is 0.454 e. The first kappa shape index (κ1) is 19.0. The van der Waals surface area contributed by atoms with Gasteiger partial charge < -0.3 is 19.7 Å². The molecule has 0 saturated carbocycles. The molecule has 6 nitrogen and oxygen atoms in total. The van der Waals surface area contributed by atoms with Crippen molar-refractivity contribution >= 4 is 29.1 Å². The van der Waals surface area contributed by atoms with Crippen molar-refractivity contribution < 1.29 is 19.1 Å². The number of rotatable bonds is 6. The second-order valence-electron chi connectivity index (χ2n) is 6.39. The van der Waals surface area contributed by atoms with E-state index < -0.39 is 0 Å². The molecule has 1 N–H and O–H groups in total. The number of anilines is 1. The smallest absolute Gasteiger partial charge is 0.231 e. The van der Waals surface area contributed by atoms with Gasteiger partial charge in [-0.2, -0.15) is 0 Å². The van der Waals surface area contributed by atoms with Crippen LogP contribution in [-0.2, 0) is 16.1 Å². The second kappa shape index (κ2) is 8.31. The van der Waals surface area contributed by atoms with Crippen molar-refractivity contribution in [3.05, 3.63) is 52.5 Å². The Labute approximate surface area is 163 Å². The lowest BCUT2D eigenvalue weighted by Crippen LogP contribution is -2.31. The van der Waals surface area contributed by atoms with E-state index in [1.54, 1.807) is 23.1 Å². The Morgan fingerprint density at radius 3 is 2.67 bits per heavy atom. The van der Waals surface area contributed by atoms with Crippen LogP contribution in [0.15, 0.2) is 36.4 Å². The zero-order valence-corrected chi connectivity index (χ0v) is 16.0. The Hall–Kier alpha value is -2.73. The lowest BCUT2D eigenvalue weighted by atomic mass is 10.1. The van der Waals surface area contributed by atoms with E-state index in [-0.39, 0.29) is 25.0 Å². The number of hydrogen-bond acceptors (Lipinski definition) is 4. The predicted molar refractivity (Wildman–Crippen MR) is 103 cm³/mol. The fourth-order valence-electron chi connectivity index (χ4n) is 2.82. The minimum Gasteiger partial charge on any atom is -0.454 e. The Morgan fingerprint density at radius 2 is 1.93 bits per heavy atom. The van der Waals surface area contributed by atoms with Gasteiger partial charge in [-0.25, -0.2) is 0 Å². The Balaban J connectivity index is 1.58. The van der Waals surface area contributed by atoms with Crippen LogP contribution in [0.3, 0.4) is 0 Å². The van der Waals surface area contributed by atoms with Gasteiger partial charge in [-0.05, 0) is 48.4 Å². The lowest BCUT2D eigenvalue weighted by Gasteiger charge is -2.21. The topological polar surface area (TPSA) is 67.9 Å². The third-order valence-corrected chi connectivity index (χ3v) is 4.56. The molecule has 0 radical (unpaired) electrons. The molecule has 7 heteroatoms. The van der Waals surface area contributed by atoms with E-state index in [9.17, 15) is 9.59 Å². The molecule has 1 aliphatic rings. The van der Waals surface area contributed by atoms with Crippen molar-refractivity contribution in [2.24, 2.45) is 0 Å². The highest BCUT2D eigenvalue weighted by Gasteiger charge is 2.16. The van der Waals surface area contributed by atoms with Gasteiger partial charge in [0.25, 0.3) is 0 Å². The maximum atomic E-state index is 12.3.